The molecule has 0 bridgehead atoms. The summed E-state index contributed by atoms with van der Waals surface area (Å²) in [5.41, 5.74) is 1.50. The van der Waals surface area contributed by atoms with Gasteiger partial charge in [0.05, 0.1) is 5.60 Å². The first-order valence-electron chi connectivity index (χ1n) is 6.76. The van der Waals surface area contributed by atoms with Crippen molar-refractivity contribution < 1.29 is 5.11 Å². The second kappa shape index (κ2) is 5.39. The molecule has 1 aromatic rings. The van der Waals surface area contributed by atoms with Crippen molar-refractivity contribution in [2.45, 2.75) is 32.4 Å². The highest BCUT2D eigenvalue weighted by Gasteiger charge is 2.25. The Bertz CT molecular complexity index is 392. The summed E-state index contributed by atoms with van der Waals surface area (Å²) >= 11 is 0. The molecule has 0 saturated carbocycles. The zero-order chi connectivity index (χ0) is 13.2. The Balaban J connectivity index is 2.26. The van der Waals surface area contributed by atoms with E-state index in [1.807, 2.05) is 26.0 Å². The topological polar surface area (TPSA) is 35.5 Å². The zero-order valence-corrected chi connectivity index (χ0v) is 11.6. The Morgan fingerprint density at radius 1 is 1.22 bits per heavy atom. The average molecular weight is 248 g/mol. The molecule has 0 aromatic heterocycles. The van der Waals surface area contributed by atoms with Gasteiger partial charge in [-0.15, -0.1) is 0 Å². The van der Waals surface area contributed by atoms with Crippen LogP contribution < -0.4 is 5.32 Å². The van der Waals surface area contributed by atoms with Crippen LogP contribution in [0, 0.1) is 0 Å². The standard InChI is InChI=1S/C15H24N2O/c1-12(17-10-8-16-9-11-17)13-6-4-5-7-14(13)15(2,3)18/h4-7,12,16,18H,8-11H2,1-3H3. The molecule has 18 heavy (non-hydrogen) atoms. The molecule has 0 radical (unpaired) electrons. The molecule has 100 valence electrons. The molecule has 2 N–H and O–H groups in total. The summed E-state index contributed by atoms with van der Waals surface area (Å²) in [5.74, 6) is 0. The monoisotopic (exact) mass is 248 g/mol. The maximum Gasteiger partial charge on any atom is 0.0843 e. The van der Waals surface area contributed by atoms with E-state index in [0.29, 0.717) is 6.04 Å². The molecule has 0 aliphatic carbocycles. The minimum Gasteiger partial charge on any atom is -0.386 e. The van der Waals surface area contributed by atoms with Gasteiger partial charge < -0.3 is 10.4 Å². The third kappa shape index (κ3) is 2.91. The summed E-state index contributed by atoms with van der Waals surface area (Å²) in [4.78, 5) is 2.47. The van der Waals surface area contributed by atoms with E-state index < -0.39 is 5.60 Å². The fourth-order valence-electron chi connectivity index (χ4n) is 2.68. The molecule has 1 unspecified atom stereocenters. The number of rotatable bonds is 3. The van der Waals surface area contributed by atoms with Crippen LogP contribution in [-0.2, 0) is 5.60 Å². The summed E-state index contributed by atoms with van der Waals surface area (Å²) in [6.07, 6.45) is 0. The number of nitrogens with one attached hydrogen (secondary N) is 1. The van der Waals surface area contributed by atoms with Crippen molar-refractivity contribution in [1.29, 1.82) is 0 Å². The minimum absolute atomic E-state index is 0.356. The van der Waals surface area contributed by atoms with Gasteiger partial charge in [0.25, 0.3) is 0 Å². The van der Waals surface area contributed by atoms with Crippen LogP contribution in [0.1, 0.15) is 37.9 Å². The Morgan fingerprint density at radius 2 is 1.83 bits per heavy atom. The van der Waals surface area contributed by atoms with Gasteiger partial charge in [0, 0.05) is 32.2 Å². The first kappa shape index (κ1) is 13.5. The molecule has 3 nitrogen and oxygen atoms in total. The quantitative estimate of drug-likeness (QED) is 0.857. The minimum atomic E-state index is -0.779. The molecule has 1 saturated heterocycles. The maximum absolute atomic E-state index is 10.3. The number of piperazine rings is 1. The summed E-state index contributed by atoms with van der Waals surface area (Å²) in [6, 6.07) is 8.59. The van der Waals surface area contributed by atoms with Crippen LogP contribution in [0.2, 0.25) is 0 Å². The van der Waals surface area contributed by atoms with Crippen molar-refractivity contribution in [1.82, 2.24) is 10.2 Å². The van der Waals surface area contributed by atoms with Crippen molar-refractivity contribution in [3.8, 4) is 0 Å². The van der Waals surface area contributed by atoms with Crippen molar-refractivity contribution in [2.75, 3.05) is 26.2 Å². The maximum atomic E-state index is 10.3. The predicted octanol–water partition coefficient (Wildman–Crippen LogP) is 1.88. The van der Waals surface area contributed by atoms with Crippen LogP contribution in [0.25, 0.3) is 0 Å². The lowest BCUT2D eigenvalue weighted by Crippen LogP contribution is -2.44. The smallest absolute Gasteiger partial charge is 0.0843 e. The van der Waals surface area contributed by atoms with Gasteiger partial charge in [-0.05, 0) is 31.9 Å². The highest BCUT2D eigenvalue weighted by Crippen LogP contribution is 2.30. The number of hydrogen-bond donors (Lipinski definition) is 2. The summed E-state index contributed by atoms with van der Waals surface area (Å²) in [5, 5.41) is 13.7. The van der Waals surface area contributed by atoms with E-state index in [-0.39, 0.29) is 0 Å². The molecule has 1 aliphatic rings. The van der Waals surface area contributed by atoms with Gasteiger partial charge in [-0.3, -0.25) is 4.90 Å². The van der Waals surface area contributed by atoms with Gasteiger partial charge >= 0.3 is 0 Å². The van der Waals surface area contributed by atoms with E-state index in [1.165, 1.54) is 5.56 Å². The van der Waals surface area contributed by atoms with Crippen molar-refractivity contribution in [3.05, 3.63) is 35.4 Å². The number of nitrogens with zero attached hydrogens (tertiary/aromatic N) is 1. The molecule has 1 aromatic carbocycles. The second-order valence-corrected chi connectivity index (χ2v) is 5.61. The lowest BCUT2D eigenvalue weighted by atomic mass is 9.89. The van der Waals surface area contributed by atoms with Gasteiger partial charge in [0.1, 0.15) is 0 Å². The molecule has 1 atom stereocenters. The Hall–Kier alpha value is -0.900. The highest BCUT2D eigenvalue weighted by atomic mass is 16.3. The number of aliphatic hydroxyl groups is 1. The van der Waals surface area contributed by atoms with Crippen LogP contribution in [-0.4, -0.2) is 36.2 Å². The van der Waals surface area contributed by atoms with Gasteiger partial charge in [-0.25, -0.2) is 0 Å². The van der Waals surface area contributed by atoms with E-state index in [0.717, 1.165) is 31.7 Å². The summed E-state index contributed by atoms with van der Waals surface area (Å²) in [7, 11) is 0. The van der Waals surface area contributed by atoms with Gasteiger partial charge in [0.2, 0.25) is 0 Å². The molecule has 0 amide bonds. The zero-order valence-electron chi connectivity index (χ0n) is 11.6. The first-order valence-corrected chi connectivity index (χ1v) is 6.76. The van der Waals surface area contributed by atoms with Crippen LogP contribution in [0.15, 0.2) is 24.3 Å². The molecule has 1 fully saturated rings. The Morgan fingerprint density at radius 3 is 2.44 bits per heavy atom. The lowest BCUT2D eigenvalue weighted by Gasteiger charge is -2.35. The van der Waals surface area contributed by atoms with E-state index in [2.05, 4.69) is 29.3 Å². The van der Waals surface area contributed by atoms with E-state index in [9.17, 15) is 5.11 Å². The second-order valence-electron chi connectivity index (χ2n) is 5.61. The summed E-state index contributed by atoms with van der Waals surface area (Å²) < 4.78 is 0. The first-order chi connectivity index (χ1) is 8.50. The third-order valence-corrected chi connectivity index (χ3v) is 3.77. The predicted molar refractivity (Wildman–Crippen MR) is 74.5 cm³/mol. The van der Waals surface area contributed by atoms with Crippen LogP contribution >= 0.6 is 0 Å². The van der Waals surface area contributed by atoms with Crippen LogP contribution in [0.3, 0.4) is 0 Å². The lowest BCUT2D eigenvalue weighted by molar-refractivity contribution is 0.0748. The normalized spacial score (nSPS) is 19.8. The molecule has 1 aliphatic heterocycles. The van der Waals surface area contributed by atoms with Gasteiger partial charge in [-0.1, -0.05) is 24.3 Å². The molecule has 0 spiro atoms. The third-order valence-electron chi connectivity index (χ3n) is 3.77. The van der Waals surface area contributed by atoms with E-state index in [4.69, 9.17) is 0 Å². The average Bonchev–Trinajstić information content (AvgIpc) is 2.38. The Labute approximate surface area is 110 Å². The molecular formula is C15H24N2O. The number of hydrogen-bond acceptors (Lipinski definition) is 3. The van der Waals surface area contributed by atoms with Crippen LogP contribution in [0.5, 0.6) is 0 Å². The fourth-order valence-corrected chi connectivity index (χ4v) is 2.68. The SMILES string of the molecule is CC(c1ccccc1C(C)(C)O)N1CCNCC1. The van der Waals surface area contributed by atoms with Gasteiger partial charge in [0.15, 0.2) is 0 Å². The van der Waals surface area contributed by atoms with E-state index >= 15 is 0 Å². The number of benzene rings is 1. The van der Waals surface area contributed by atoms with Crippen LogP contribution in [0.4, 0.5) is 0 Å². The summed E-state index contributed by atoms with van der Waals surface area (Å²) in [6.45, 7) is 10.2. The van der Waals surface area contributed by atoms with Crippen molar-refractivity contribution in [2.24, 2.45) is 0 Å². The molecule has 3 heteroatoms. The van der Waals surface area contributed by atoms with Crippen molar-refractivity contribution in [3.63, 3.8) is 0 Å². The molecule has 2 rings (SSSR count). The van der Waals surface area contributed by atoms with Crippen molar-refractivity contribution >= 4 is 0 Å². The largest absolute Gasteiger partial charge is 0.386 e. The Kier molecular flexibility index (Phi) is 4.05. The fraction of sp³-hybridized carbons (Fsp3) is 0.600. The molecular weight excluding hydrogens is 224 g/mol. The highest BCUT2D eigenvalue weighted by molar-refractivity contribution is 5.33. The molecule has 1 heterocycles. The van der Waals surface area contributed by atoms with E-state index in [1.54, 1.807) is 0 Å². The van der Waals surface area contributed by atoms with Gasteiger partial charge in [-0.2, -0.15) is 0 Å².